The molecule has 3 rings (SSSR count). The van der Waals surface area contributed by atoms with Crippen molar-refractivity contribution in [2.24, 2.45) is 21.0 Å². The number of fused-ring (bicyclic) bond motifs is 1. The third-order valence-electron chi connectivity index (χ3n) is 2.73. The molecule has 21 heavy (non-hydrogen) atoms. The molecule has 0 aliphatic carbocycles. The number of aromatic nitrogens is 3. The molecular weight excluding hydrogens is 336 g/mol. The van der Waals surface area contributed by atoms with Crippen molar-refractivity contribution in [1.29, 1.82) is 0 Å². The molecule has 0 saturated heterocycles. The number of halogens is 1. The molecule has 3 N–H and O–H groups in total. The standard InChI is InChI=1S/C12H11BrN8/c13-9-4-2-1-3-8(9)6-15-19-12-20-17-10(14)5-11-18-16-7-21(11)12/h1-4,6-7H,5H2,(H2,14,17)(H,19,20)/b15-6-. The average molecular weight is 347 g/mol. The van der Waals surface area contributed by atoms with E-state index in [0.717, 1.165) is 10.0 Å². The Balaban J connectivity index is 1.81. The second-order valence-electron chi connectivity index (χ2n) is 4.20. The van der Waals surface area contributed by atoms with E-state index in [9.17, 15) is 0 Å². The van der Waals surface area contributed by atoms with Crippen molar-refractivity contribution in [3.63, 3.8) is 0 Å². The van der Waals surface area contributed by atoms with Crippen molar-refractivity contribution in [1.82, 2.24) is 20.2 Å². The molecule has 0 unspecified atom stereocenters. The van der Waals surface area contributed by atoms with Gasteiger partial charge < -0.3 is 5.73 Å². The van der Waals surface area contributed by atoms with Crippen molar-refractivity contribution in [2.45, 2.75) is 6.42 Å². The fraction of sp³-hybridized carbons (Fsp3) is 0.0833. The molecule has 1 aromatic carbocycles. The maximum Gasteiger partial charge on any atom is 0.250 e. The number of nitrogens with two attached hydrogens (primary N) is 1. The maximum absolute atomic E-state index is 5.70. The van der Waals surface area contributed by atoms with Crippen molar-refractivity contribution < 1.29 is 0 Å². The summed E-state index contributed by atoms with van der Waals surface area (Å²) in [4.78, 5) is 0. The number of hydrogen-bond donors (Lipinski definition) is 2. The van der Waals surface area contributed by atoms with Crippen molar-refractivity contribution in [3.8, 4) is 0 Å². The van der Waals surface area contributed by atoms with Gasteiger partial charge in [0.15, 0.2) is 0 Å². The molecule has 1 aliphatic rings. The Hall–Kier alpha value is -2.55. The Morgan fingerprint density at radius 3 is 3.05 bits per heavy atom. The molecule has 9 heteroatoms. The van der Waals surface area contributed by atoms with Crippen LogP contribution in [0.1, 0.15) is 11.4 Å². The number of hydrazone groups is 1. The van der Waals surface area contributed by atoms with Crippen LogP contribution in [0.4, 0.5) is 0 Å². The summed E-state index contributed by atoms with van der Waals surface area (Å²) in [6.45, 7) is 0. The van der Waals surface area contributed by atoms with Crippen LogP contribution in [0.25, 0.3) is 0 Å². The van der Waals surface area contributed by atoms with Gasteiger partial charge in [0.1, 0.15) is 18.0 Å². The third kappa shape index (κ3) is 2.97. The minimum absolute atomic E-state index is 0.371. The Morgan fingerprint density at radius 1 is 1.33 bits per heavy atom. The molecule has 0 fully saturated rings. The first-order valence-corrected chi connectivity index (χ1v) is 6.86. The fourth-order valence-corrected chi connectivity index (χ4v) is 2.12. The lowest BCUT2D eigenvalue weighted by Gasteiger charge is -2.04. The first-order valence-electron chi connectivity index (χ1n) is 6.07. The second-order valence-corrected chi connectivity index (χ2v) is 5.05. The molecule has 0 bridgehead atoms. The highest BCUT2D eigenvalue weighted by Gasteiger charge is 2.14. The van der Waals surface area contributed by atoms with E-state index in [0.29, 0.717) is 24.0 Å². The molecule has 2 heterocycles. The van der Waals surface area contributed by atoms with Gasteiger partial charge in [0.2, 0.25) is 0 Å². The molecular formula is C12H11BrN8. The van der Waals surface area contributed by atoms with Crippen LogP contribution >= 0.6 is 15.9 Å². The molecule has 0 amide bonds. The summed E-state index contributed by atoms with van der Waals surface area (Å²) < 4.78 is 2.60. The summed E-state index contributed by atoms with van der Waals surface area (Å²) in [6.07, 6.45) is 3.60. The van der Waals surface area contributed by atoms with Gasteiger partial charge in [-0.3, -0.25) is 4.57 Å². The molecule has 0 radical (unpaired) electrons. The van der Waals surface area contributed by atoms with E-state index < -0.39 is 0 Å². The van der Waals surface area contributed by atoms with Crippen LogP contribution in [-0.2, 0) is 6.42 Å². The van der Waals surface area contributed by atoms with Crippen LogP contribution in [0.2, 0.25) is 0 Å². The Labute approximate surface area is 128 Å². The molecule has 1 aromatic heterocycles. The molecule has 0 spiro atoms. The normalized spacial score (nSPS) is 14.3. The summed E-state index contributed by atoms with van der Waals surface area (Å²) in [7, 11) is 0. The predicted octanol–water partition coefficient (Wildman–Crippen LogP) is 0.697. The second kappa shape index (κ2) is 5.83. The largest absolute Gasteiger partial charge is 0.385 e. The SMILES string of the molecule is NC1=NN=C(N/N=C\c2ccccc2Br)n2cnnc2C1. The zero-order valence-corrected chi connectivity index (χ0v) is 12.4. The van der Waals surface area contributed by atoms with Crippen LogP contribution in [0.3, 0.4) is 0 Å². The molecule has 0 saturated carbocycles. The number of hydrogen-bond acceptors (Lipinski definition) is 7. The van der Waals surface area contributed by atoms with Gasteiger partial charge in [-0.1, -0.05) is 34.1 Å². The van der Waals surface area contributed by atoms with Gasteiger partial charge in [-0.2, -0.15) is 5.10 Å². The van der Waals surface area contributed by atoms with Gasteiger partial charge in [0, 0.05) is 10.0 Å². The zero-order valence-electron chi connectivity index (χ0n) is 10.8. The summed E-state index contributed by atoms with van der Waals surface area (Å²) in [5.41, 5.74) is 9.46. The lowest BCUT2D eigenvalue weighted by molar-refractivity contribution is 0.897. The topological polar surface area (TPSA) is 106 Å². The number of nitrogens with one attached hydrogen (secondary N) is 1. The van der Waals surface area contributed by atoms with Gasteiger partial charge >= 0.3 is 0 Å². The van der Waals surface area contributed by atoms with Gasteiger partial charge in [0.25, 0.3) is 5.96 Å². The lowest BCUT2D eigenvalue weighted by atomic mass is 10.2. The molecule has 0 atom stereocenters. The monoisotopic (exact) mass is 346 g/mol. The van der Waals surface area contributed by atoms with Crippen LogP contribution in [0.5, 0.6) is 0 Å². The molecule has 8 nitrogen and oxygen atoms in total. The summed E-state index contributed by atoms with van der Waals surface area (Å²) in [5.74, 6) is 1.41. The highest BCUT2D eigenvalue weighted by Crippen LogP contribution is 2.13. The lowest BCUT2D eigenvalue weighted by Crippen LogP contribution is -2.27. The Bertz CT molecular complexity index is 745. The fourth-order valence-electron chi connectivity index (χ4n) is 1.73. The number of amidine groups is 1. The van der Waals surface area contributed by atoms with E-state index in [1.807, 2.05) is 24.3 Å². The maximum atomic E-state index is 5.70. The van der Waals surface area contributed by atoms with Crippen LogP contribution in [0, 0.1) is 0 Å². The Kier molecular flexibility index (Phi) is 3.73. The van der Waals surface area contributed by atoms with E-state index in [-0.39, 0.29) is 0 Å². The van der Waals surface area contributed by atoms with Crippen LogP contribution in [0.15, 0.2) is 50.4 Å². The summed E-state index contributed by atoms with van der Waals surface area (Å²) in [6, 6.07) is 7.74. The number of nitrogens with zero attached hydrogens (tertiary/aromatic N) is 6. The van der Waals surface area contributed by atoms with E-state index >= 15 is 0 Å². The highest BCUT2D eigenvalue weighted by atomic mass is 79.9. The van der Waals surface area contributed by atoms with E-state index in [2.05, 4.69) is 46.9 Å². The summed E-state index contributed by atoms with van der Waals surface area (Å²) in [5, 5.41) is 19.8. The van der Waals surface area contributed by atoms with E-state index in [4.69, 9.17) is 5.73 Å². The van der Waals surface area contributed by atoms with Gasteiger partial charge in [-0.15, -0.1) is 20.4 Å². The Morgan fingerprint density at radius 2 is 2.19 bits per heavy atom. The van der Waals surface area contributed by atoms with Gasteiger partial charge in [0.05, 0.1) is 12.6 Å². The zero-order chi connectivity index (χ0) is 14.7. The van der Waals surface area contributed by atoms with E-state index in [1.165, 1.54) is 6.33 Å². The molecule has 106 valence electrons. The van der Waals surface area contributed by atoms with Crippen molar-refractivity contribution in [2.75, 3.05) is 0 Å². The van der Waals surface area contributed by atoms with Crippen molar-refractivity contribution in [3.05, 3.63) is 46.5 Å². The first-order chi connectivity index (χ1) is 10.2. The highest BCUT2D eigenvalue weighted by molar-refractivity contribution is 9.10. The average Bonchev–Trinajstić information content (AvgIpc) is 2.87. The van der Waals surface area contributed by atoms with Gasteiger partial charge in [-0.25, -0.2) is 5.43 Å². The molecule has 1 aliphatic heterocycles. The molecule has 2 aromatic rings. The number of benzene rings is 1. The minimum atomic E-state index is 0.371. The van der Waals surface area contributed by atoms with Crippen molar-refractivity contribution >= 4 is 33.9 Å². The van der Waals surface area contributed by atoms with Crippen LogP contribution in [-0.4, -0.2) is 32.8 Å². The number of rotatable bonds is 2. The van der Waals surface area contributed by atoms with Gasteiger partial charge in [-0.05, 0) is 6.07 Å². The quantitative estimate of drug-likeness (QED) is 0.616. The summed E-state index contributed by atoms with van der Waals surface area (Å²) >= 11 is 3.45. The van der Waals surface area contributed by atoms with Crippen LogP contribution < -0.4 is 11.2 Å². The smallest absolute Gasteiger partial charge is 0.250 e. The van der Waals surface area contributed by atoms with E-state index in [1.54, 1.807) is 10.8 Å². The predicted molar refractivity (Wildman–Crippen MR) is 83.1 cm³/mol. The third-order valence-corrected chi connectivity index (χ3v) is 3.45. The minimum Gasteiger partial charge on any atom is -0.385 e. The first kappa shape index (κ1) is 13.4.